The highest BCUT2D eigenvalue weighted by atomic mass is 19.3. The van der Waals surface area contributed by atoms with E-state index in [0.717, 1.165) is 0 Å². The maximum Gasteiger partial charge on any atom is 0.247 e. The minimum Gasteiger partial charge on any atom is -0.212 e. The molecule has 0 aliphatic heterocycles. The van der Waals surface area contributed by atoms with Crippen LogP contribution in [-0.2, 0) is 0 Å². The van der Waals surface area contributed by atoms with Crippen LogP contribution in [0.4, 0.5) is 13.2 Å². The van der Waals surface area contributed by atoms with Gasteiger partial charge >= 0.3 is 0 Å². The van der Waals surface area contributed by atoms with Crippen molar-refractivity contribution in [2.45, 2.75) is 19.8 Å². The van der Waals surface area contributed by atoms with Crippen LogP contribution in [0.25, 0.3) is 0 Å². The number of hydrogen-bond donors (Lipinski definition) is 0. The van der Waals surface area contributed by atoms with E-state index < -0.39 is 18.2 Å². The summed E-state index contributed by atoms with van der Waals surface area (Å²) in [6.07, 6.45) is -2.51. The zero-order valence-electron chi connectivity index (χ0n) is 5.20. The highest BCUT2D eigenvalue weighted by Crippen LogP contribution is 2.21. The molecule has 0 aliphatic rings. The van der Waals surface area contributed by atoms with Crippen LogP contribution in [0.1, 0.15) is 13.3 Å². The summed E-state index contributed by atoms with van der Waals surface area (Å²) >= 11 is 0. The summed E-state index contributed by atoms with van der Waals surface area (Å²) in [7, 11) is 0. The van der Waals surface area contributed by atoms with E-state index in [9.17, 15) is 13.2 Å². The topological polar surface area (TPSA) is 0 Å². The highest BCUT2D eigenvalue weighted by molar-refractivity contribution is 4.89. The first kappa shape index (κ1) is 8.53. The first-order valence-electron chi connectivity index (χ1n) is 2.72. The fraction of sp³-hybridized carbons (Fsp3) is 0.667. The molecule has 0 aliphatic carbocycles. The first-order chi connectivity index (χ1) is 4.09. The van der Waals surface area contributed by atoms with Crippen LogP contribution < -0.4 is 0 Å². The van der Waals surface area contributed by atoms with Crippen molar-refractivity contribution in [2.75, 3.05) is 0 Å². The second-order valence-corrected chi connectivity index (χ2v) is 1.80. The molecule has 0 spiro atoms. The van der Waals surface area contributed by atoms with Gasteiger partial charge in [-0.3, -0.25) is 0 Å². The van der Waals surface area contributed by atoms with Crippen LogP contribution in [0.15, 0.2) is 12.4 Å². The molecule has 0 saturated carbocycles. The van der Waals surface area contributed by atoms with Crippen LogP contribution in [-0.4, -0.2) is 6.43 Å². The molecule has 0 radical (unpaired) electrons. The third-order valence-electron chi connectivity index (χ3n) is 1.15. The summed E-state index contributed by atoms with van der Waals surface area (Å²) in [5.41, 5.74) is 0. The molecule has 3 heteroatoms. The van der Waals surface area contributed by atoms with Gasteiger partial charge in [0.25, 0.3) is 0 Å². The molecular formula is C6H9F3. The summed E-state index contributed by atoms with van der Waals surface area (Å²) in [4.78, 5) is 0. The van der Waals surface area contributed by atoms with Gasteiger partial charge in [-0.25, -0.2) is 13.2 Å². The number of hydrogen-bond acceptors (Lipinski definition) is 0. The van der Waals surface area contributed by atoms with Gasteiger partial charge in [-0.05, 0) is 6.42 Å². The molecule has 0 aromatic rings. The van der Waals surface area contributed by atoms with Crippen LogP contribution >= 0.6 is 0 Å². The van der Waals surface area contributed by atoms with Gasteiger partial charge in [0, 0.05) is 0 Å². The van der Waals surface area contributed by atoms with Gasteiger partial charge in [0.2, 0.25) is 6.43 Å². The van der Waals surface area contributed by atoms with Gasteiger partial charge in [-0.1, -0.05) is 13.5 Å². The van der Waals surface area contributed by atoms with Crippen molar-refractivity contribution in [2.24, 2.45) is 5.92 Å². The smallest absolute Gasteiger partial charge is 0.212 e. The monoisotopic (exact) mass is 138 g/mol. The molecule has 0 heterocycles. The fourth-order valence-electron chi connectivity index (χ4n) is 0.536. The van der Waals surface area contributed by atoms with E-state index >= 15 is 0 Å². The summed E-state index contributed by atoms with van der Waals surface area (Å²) in [6.45, 7) is 4.30. The third-order valence-corrected chi connectivity index (χ3v) is 1.15. The first-order valence-corrected chi connectivity index (χ1v) is 2.72. The molecule has 9 heavy (non-hydrogen) atoms. The Kier molecular flexibility index (Phi) is 3.35. The molecule has 0 saturated heterocycles. The van der Waals surface area contributed by atoms with Crippen LogP contribution in [0.2, 0.25) is 0 Å². The molecule has 0 amide bonds. The Balaban J connectivity index is 3.83. The zero-order chi connectivity index (χ0) is 7.44. The van der Waals surface area contributed by atoms with E-state index in [0.29, 0.717) is 0 Å². The minimum atomic E-state index is -2.62. The van der Waals surface area contributed by atoms with Crippen molar-refractivity contribution >= 4 is 0 Å². The molecule has 1 atom stereocenters. The minimum absolute atomic E-state index is 0.104. The zero-order valence-corrected chi connectivity index (χ0v) is 5.20. The number of rotatable bonds is 3. The van der Waals surface area contributed by atoms with Crippen molar-refractivity contribution in [3.63, 3.8) is 0 Å². The van der Waals surface area contributed by atoms with Crippen molar-refractivity contribution < 1.29 is 13.2 Å². The lowest BCUT2D eigenvalue weighted by Gasteiger charge is -2.08. The normalized spacial score (nSPS) is 13.9. The lowest BCUT2D eigenvalue weighted by Crippen LogP contribution is -2.09. The Morgan fingerprint density at radius 3 is 2.00 bits per heavy atom. The van der Waals surface area contributed by atoms with Crippen molar-refractivity contribution in [3.8, 4) is 0 Å². The van der Waals surface area contributed by atoms with E-state index in [1.54, 1.807) is 0 Å². The molecule has 0 aromatic carbocycles. The molecule has 0 N–H and O–H groups in total. The van der Waals surface area contributed by atoms with Crippen LogP contribution in [0.3, 0.4) is 0 Å². The Bertz CT molecular complexity index is 98.5. The van der Waals surface area contributed by atoms with Gasteiger partial charge in [0.1, 0.15) is 5.83 Å². The number of halogens is 3. The second-order valence-electron chi connectivity index (χ2n) is 1.80. The number of alkyl halides is 2. The molecular weight excluding hydrogens is 129 g/mol. The van der Waals surface area contributed by atoms with Crippen molar-refractivity contribution in [3.05, 3.63) is 12.4 Å². The molecule has 54 valence electrons. The molecule has 1 unspecified atom stereocenters. The maximum absolute atomic E-state index is 11.9. The summed E-state index contributed by atoms with van der Waals surface area (Å²) in [5.74, 6) is -2.20. The second kappa shape index (κ2) is 3.54. The quantitative estimate of drug-likeness (QED) is 0.562. The average molecular weight is 138 g/mol. The van der Waals surface area contributed by atoms with Crippen molar-refractivity contribution in [1.82, 2.24) is 0 Å². The highest BCUT2D eigenvalue weighted by Gasteiger charge is 2.20. The summed E-state index contributed by atoms with van der Waals surface area (Å²) in [5, 5.41) is 0. The molecule has 0 rings (SSSR count). The van der Waals surface area contributed by atoms with E-state index in [1.165, 1.54) is 6.92 Å². The lowest BCUT2D eigenvalue weighted by molar-refractivity contribution is 0.0822. The average Bonchev–Trinajstić information content (AvgIpc) is 1.64. The van der Waals surface area contributed by atoms with E-state index in [2.05, 4.69) is 6.58 Å². The Labute approximate surface area is 52.4 Å². The molecule has 0 bridgehead atoms. The van der Waals surface area contributed by atoms with Gasteiger partial charge in [-0.2, -0.15) is 0 Å². The van der Waals surface area contributed by atoms with Gasteiger partial charge < -0.3 is 0 Å². The molecule has 0 aromatic heterocycles. The number of allylic oxidation sites excluding steroid dienone is 1. The van der Waals surface area contributed by atoms with Crippen LogP contribution in [0.5, 0.6) is 0 Å². The largest absolute Gasteiger partial charge is 0.247 e. The van der Waals surface area contributed by atoms with E-state index in [-0.39, 0.29) is 6.42 Å². The van der Waals surface area contributed by atoms with Crippen LogP contribution in [0, 0.1) is 5.92 Å². The molecule has 0 nitrogen and oxygen atoms in total. The van der Waals surface area contributed by atoms with Gasteiger partial charge in [0.05, 0.1) is 5.92 Å². The van der Waals surface area contributed by atoms with E-state index in [4.69, 9.17) is 0 Å². The Hall–Kier alpha value is -0.470. The molecule has 0 fully saturated rings. The standard InChI is InChI=1S/C6H9F3/c1-3-5(4(2)7)6(8)9/h5-6H,2-3H2,1H3. The summed E-state index contributed by atoms with van der Waals surface area (Å²) in [6, 6.07) is 0. The van der Waals surface area contributed by atoms with Gasteiger partial charge in [0.15, 0.2) is 0 Å². The predicted molar refractivity (Wildman–Crippen MR) is 30.0 cm³/mol. The Morgan fingerprint density at radius 2 is 2.00 bits per heavy atom. The van der Waals surface area contributed by atoms with E-state index in [1.807, 2.05) is 0 Å². The maximum atomic E-state index is 11.9. The SMILES string of the molecule is C=C(F)C(CC)C(F)F. The predicted octanol–water partition coefficient (Wildman–Crippen LogP) is 2.76. The third kappa shape index (κ3) is 2.54. The fourth-order valence-corrected chi connectivity index (χ4v) is 0.536. The van der Waals surface area contributed by atoms with Gasteiger partial charge in [-0.15, -0.1) is 0 Å². The lowest BCUT2D eigenvalue weighted by atomic mass is 10.1. The van der Waals surface area contributed by atoms with Crippen molar-refractivity contribution in [1.29, 1.82) is 0 Å². The summed E-state index contributed by atoms with van der Waals surface area (Å²) < 4.78 is 35.2. The Morgan fingerprint density at radius 1 is 1.56 bits per heavy atom.